The van der Waals surface area contributed by atoms with Crippen molar-refractivity contribution in [2.75, 3.05) is 18.5 Å². The van der Waals surface area contributed by atoms with Gasteiger partial charge in [-0.1, -0.05) is 17.7 Å². The van der Waals surface area contributed by atoms with Crippen LogP contribution in [0.1, 0.15) is 27.9 Å². The Bertz CT molecular complexity index is 775. The Kier molecular flexibility index (Phi) is 6.86. The van der Waals surface area contributed by atoms with Crippen LogP contribution in [0.25, 0.3) is 6.08 Å². The summed E-state index contributed by atoms with van der Waals surface area (Å²) in [5, 5.41) is 12.2. The van der Waals surface area contributed by atoms with E-state index in [4.69, 9.17) is 27.2 Å². The van der Waals surface area contributed by atoms with E-state index in [0.717, 1.165) is 17.4 Å². The molecule has 0 aromatic heterocycles. The number of aliphatic hydroxyl groups excluding tert-OH is 1. The number of hydrogen-bond donors (Lipinski definition) is 3. The number of halogens is 1. The topological polar surface area (TPSA) is 84.6 Å². The van der Waals surface area contributed by atoms with Crippen LogP contribution in [0.3, 0.4) is 0 Å². The molecular formula is C19H21ClN2O3. The van der Waals surface area contributed by atoms with E-state index in [1.165, 1.54) is 0 Å². The van der Waals surface area contributed by atoms with Crippen molar-refractivity contribution in [3.8, 4) is 5.75 Å². The smallest absolute Gasteiger partial charge is 0.259 e. The summed E-state index contributed by atoms with van der Waals surface area (Å²) in [5.41, 5.74) is 8.26. The Labute approximate surface area is 152 Å². The van der Waals surface area contributed by atoms with Gasteiger partial charge in [0.05, 0.1) is 18.4 Å². The van der Waals surface area contributed by atoms with Gasteiger partial charge in [0.2, 0.25) is 0 Å². The lowest BCUT2D eigenvalue weighted by molar-refractivity contribution is 0.102. The molecule has 25 heavy (non-hydrogen) atoms. The zero-order valence-corrected chi connectivity index (χ0v) is 14.7. The molecule has 5 nitrogen and oxygen atoms in total. The highest BCUT2D eigenvalue weighted by molar-refractivity contribution is 6.31. The monoisotopic (exact) mass is 360 g/mol. The predicted octanol–water partition coefficient (Wildman–Crippen LogP) is 4.16. The van der Waals surface area contributed by atoms with E-state index < -0.39 is 0 Å². The third-order valence-corrected chi connectivity index (χ3v) is 3.81. The molecule has 2 aromatic carbocycles. The Morgan fingerprint density at radius 1 is 1.32 bits per heavy atom. The lowest BCUT2D eigenvalue weighted by Gasteiger charge is -2.13. The normalized spacial score (nSPS) is 10.8. The lowest BCUT2D eigenvalue weighted by Crippen LogP contribution is -2.15. The third-order valence-electron chi connectivity index (χ3n) is 3.57. The van der Waals surface area contributed by atoms with Crippen molar-refractivity contribution < 1.29 is 14.6 Å². The number of nitrogens with one attached hydrogen (secondary N) is 1. The van der Waals surface area contributed by atoms with Crippen molar-refractivity contribution in [3.05, 3.63) is 64.4 Å². The van der Waals surface area contributed by atoms with E-state index in [2.05, 4.69) is 5.32 Å². The summed E-state index contributed by atoms with van der Waals surface area (Å²) < 4.78 is 5.63. The molecule has 4 N–H and O–H groups in total. The number of anilines is 1. The van der Waals surface area contributed by atoms with E-state index in [0.29, 0.717) is 41.6 Å². The minimum absolute atomic E-state index is 0.310. The van der Waals surface area contributed by atoms with E-state index in [1.807, 2.05) is 19.1 Å². The van der Waals surface area contributed by atoms with Gasteiger partial charge in [-0.2, -0.15) is 0 Å². The summed E-state index contributed by atoms with van der Waals surface area (Å²) in [6, 6.07) is 10.3. The van der Waals surface area contributed by atoms with Crippen LogP contribution >= 0.6 is 11.6 Å². The van der Waals surface area contributed by atoms with Gasteiger partial charge < -0.3 is 20.9 Å². The first-order chi connectivity index (χ1) is 12.0. The molecule has 0 aliphatic rings. The second kappa shape index (κ2) is 9.11. The van der Waals surface area contributed by atoms with Crippen LogP contribution in [0.5, 0.6) is 5.75 Å². The molecule has 0 bridgehead atoms. The van der Waals surface area contributed by atoms with Gasteiger partial charge in [-0.25, -0.2) is 0 Å². The van der Waals surface area contributed by atoms with Gasteiger partial charge >= 0.3 is 0 Å². The molecule has 2 rings (SSSR count). The average molecular weight is 361 g/mol. The summed E-state index contributed by atoms with van der Waals surface area (Å²) in [6.07, 6.45) is 3.27. The largest absolute Gasteiger partial charge is 0.516 e. The molecule has 0 aliphatic carbocycles. The highest BCUT2D eigenvalue weighted by Gasteiger charge is 2.14. The molecule has 132 valence electrons. The standard InChI is InChI=1S/C19H21ClN2O3/c1-13-11-16(5-3-14(13)7-9-23)22-19(24)17-12-15(20)4-6-18(17)25-10-2-8-21/h3-7,9,11-12,23H,2,8,10,21H2,1H3,(H,22,24)/b9-7-. The Hall–Kier alpha value is -2.50. The molecule has 0 atom stereocenters. The maximum Gasteiger partial charge on any atom is 0.259 e. The van der Waals surface area contributed by atoms with Crippen LogP contribution in [-0.2, 0) is 0 Å². The van der Waals surface area contributed by atoms with Crippen molar-refractivity contribution >= 4 is 29.3 Å². The van der Waals surface area contributed by atoms with E-state index >= 15 is 0 Å². The number of carbonyl (C=O) groups excluding carboxylic acids is 1. The van der Waals surface area contributed by atoms with Crippen molar-refractivity contribution in [1.82, 2.24) is 0 Å². The van der Waals surface area contributed by atoms with E-state index in [-0.39, 0.29) is 5.91 Å². The van der Waals surface area contributed by atoms with Crippen LogP contribution < -0.4 is 15.8 Å². The van der Waals surface area contributed by atoms with Gasteiger partial charge in [-0.05, 0) is 67.4 Å². The van der Waals surface area contributed by atoms with Gasteiger partial charge in [0, 0.05) is 10.7 Å². The molecular weight excluding hydrogens is 340 g/mol. The minimum Gasteiger partial charge on any atom is -0.516 e. The highest BCUT2D eigenvalue weighted by atomic mass is 35.5. The van der Waals surface area contributed by atoms with Crippen molar-refractivity contribution in [2.24, 2.45) is 5.73 Å². The van der Waals surface area contributed by atoms with Gasteiger partial charge in [-0.15, -0.1) is 0 Å². The van der Waals surface area contributed by atoms with Crippen molar-refractivity contribution in [2.45, 2.75) is 13.3 Å². The molecule has 0 fully saturated rings. The maximum atomic E-state index is 12.6. The first-order valence-electron chi connectivity index (χ1n) is 7.90. The van der Waals surface area contributed by atoms with Crippen LogP contribution in [0.15, 0.2) is 42.7 Å². The molecule has 0 saturated carbocycles. The first-order valence-corrected chi connectivity index (χ1v) is 8.28. The molecule has 0 unspecified atom stereocenters. The number of aliphatic hydroxyl groups is 1. The molecule has 6 heteroatoms. The predicted molar refractivity (Wildman–Crippen MR) is 101 cm³/mol. The van der Waals surface area contributed by atoms with E-state index in [9.17, 15) is 4.79 Å². The fourth-order valence-corrected chi connectivity index (χ4v) is 2.46. The van der Waals surface area contributed by atoms with Gasteiger partial charge in [0.25, 0.3) is 5.91 Å². The zero-order valence-electron chi connectivity index (χ0n) is 14.0. The van der Waals surface area contributed by atoms with Gasteiger partial charge in [0.1, 0.15) is 5.75 Å². The number of rotatable bonds is 7. The minimum atomic E-state index is -0.310. The number of benzene rings is 2. The third kappa shape index (κ3) is 5.24. The van der Waals surface area contributed by atoms with Crippen LogP contribution in [-0.4, -0.2) is 24.2 Å². The first kappa shape index (κ1) is 18.8. The Morgan fingerprint density at radius 2 is 2.12 bits per heavy atom. The summed E-state index contributed by atoms with van der Waals surface area (Å²) in [6.45, 7) is 2.84. The SMILES string of the molecule is Cc1cc(NC(=O)c2cc(Cl)ccc2OCCCN)ccc1/C=C\O. The van der Waals surface area contributed by atoms with Gasteiger partial charge in [-0.3, -0.25) is 4.79 Å². The average Bonchev–Trinajstić information content (AvgIpc) is 2.59. The maximum absolute atomic E-state index is 12.6. The Morgan fingerprint density at radius 3 is 2.80 bits per heavy atom. The number of ether oxygens (including phenoxy) is 1. The lowest BCUT2D eigenvalue weighted by atomic mass is 10.1. The molecule has 0 radical (unpaired) electrons. The number of amides is 1. The highest BCUT2D eigenvalue weighted by Crippen LogP contribution is 2.25. The Balaban J connectivity index is 2.20. The number of carbonyl (C=O) groups is 1. The number of hydrogen-bond acceptors (Lipinski definition) is 4. The molecule has 1 amide bonds. The molecule has 0 heterocycles. The summed E-state index contributed by atoms with van der Waals surface area (Å²) in [5.74, 6) is 0.155. The van der Waals surface area contributed by atoms with Crippen molar-refractivity contribution in [1.29, 1.82) is 0 Å². The second-order valence-electron chi connectivity index (χ2n) is 5.47. The summed E-state index contributed by atoms with van der Waals surface area (Å²) in [7, 11) is 0. The van der Waals surface area contributed by atoms with Gasteiger partial charge in [0.15, 0.2) is 0 Å². The fraction of sp³-hybridized carbons (Fsp3) is 0.211. The second-order valence-corrected chi connectivity index (χ2v) is 5.91. The number of nitrogens with two attached hydrogens (primary N) is 1. The van der Waals surface area contributed by atoms with Crippen molar-refractivity contribution in [3.63, 3.8) is 0 Å². The molecule has 2 aromatic rings. The molecule has 0 spiro atoms. The van der Waals surface area contributed by atoms with E-state index in [1.54, 1.807) is 30.3 Å². The summed E-state index contributed by atoms with van der Waals surface area (Å²) in [4.78, 5) is 12.6. The number of aryl methyl sites for hydroxylation is 1. The summed E-state index contributed by atoms with van der Waals surface area (Å²) >= 11 is 6.02. The quantitative estimate of drug-likeness (QED) is 0.511. The fourth-order valence-electron chi connectivity index (χ4n) is 2.29. The molecule has 0 aliphatic heterocycles. The van der Waals surface area contributed by atoms with Crippen LogP contribution in [0, 0.1) is 6.92 Å². The van der Waals surface area contributed by atoms with Crippen LogP contribution in [0.2, 0.25) is 5.02 Å². The molecule has 0 saturated heterocycles. The zero-order chi connectivity index (χ0) is 18.2. The van der Waals surface area contributed by atoms with Crippen LogP contribution in [0.4, 0.5) is 5.69 Å².